The third-order valence-corrected chi connectivity index (χ3v) is 4.80. The molecule has 0 atom stereocenters. The lowest BCUT2D eigenvalue weighted by molar-refractivity contribution is 0.598. The standard InChI is InChI=1S/C14H13N3O2S2/c1-9-5-6-12-13(7-9)20-14(17-12)16-10-3-2-4-11(8-10)21(15,18)19/h2-8H,1H3,(H,16,17)(H2,15,18,19). The molecule has 7 heteroatoms. The lowest BCUT2D eigenvalue weighted by Gasteiger charge is -2.04. The molecule has 21 heavy (non-hydrogen) atoms. The van der Waals surface area contributed by atoms with Crippen LogP contribution in [0.15, 0.2) is 47.4 Å². The number of aromatic nitrogens is 1. The number of nitrogens with zero attached hydrogens (tertiary/aromatic N) is 1. The average Bonchev–Trinajstić information content (AvgIpc) is 2.79. The molecule has 0 amide bonds. The Labute approximate surface area is 126 Å². The largest absolute Gasteiger partial charge is 0.331 e. The van der Waals surface area contributed by atoms with E-state index in [0.29, 0.717) is 10.8 Å². The van der Waals surface area contributed by atoms with Crippen LogP contribution in [0.25, 0.3) is 10.2 Å². The summed E-state index contributed by atoms with van der Waals surface area (Å²) in [5.41, 5.74) is 2.72. The van der Waals surface area contributed by atoms with E-state index in [-0.39, 0.29) is 4.90 Å². The Bertz CT molecular complexity index is 917. The van der Waals surface area contributed by atoms with E-state index in [1.165, 1.54) is 29.0 Å². The molecule has 0 unspecified atom stereocenters. The van der Waals surface area contributed by atoms with Crippen LogP contribution in [0.4, 0.5) is 10.8 Å². The number of nitrogens with two attached hydrogens (primary N) is 1. The van der Waals surface area contributed by atoms with Gasteiger partial charge in [0.15, 0.2) is 5.13 Å². The Morgan fingerprint density at radius 2 is 2.00 bits per heavy atom. The fraction of sp³-hybridized carbons (Fsp3) is 0.0714. The van der Waals surface area contributed by atoms with E-state index in [4.69, 9.17) is 5.14 Å². The fourth-order valence-corrected chi connectivity index (χ4v) is 3.50. The summed E-state index contributed by atoms with van der Waals surface area (Å²) in [6.07, 6.45) is 0. The minimum Gasteiger partial charge on any atom is -0.331 e. The summed E-state index contributed by atoms with van der Waals surface area (Å²) in [6, 6.07) is 12.4. The summed E-state index contributed by atoms with van der Waals surface area (Å²) < 4.78 is 23.8. The van der Waals surface area contributed by atoms with Crippen molar-refractivity contribution in [3.8, 4) is 0 Å². The van der Waals surface area contributed by atoms with Crippen LogP contribution in [-0.2, 0) is 10.0 Å². The van der Waals surface area contributed by atoms with E-state index < -0.39 is 10.0 Å². The lowest BCUT2D eigenvalue weighted by atomic mass is 10.2. The van der Waals surface area contributed by atoms with Crippen LogP contribution in [0, 0.1) is 6.92 Å². The van der Waals surface area contributed by atoms with Crippen molar-refractivity contribution >= 4 is 42.4 Å². The highest BCUT2D eigenvalue weighted by Crippen LogP contribution is 2.29. The number of primary sulfonamides is 1. The molecule has 0 bridgehead atoms. The van der Waals surface area contributed by atoms with Crippen LogP contribution >= 0.6 is 11.3 Å². The Hall–Kier alpha value is -1.96. The van der Waals surface area contributed by atoms with Crippen molar-refractivity contribution < 1.29 is 8.42 Å². The molecule has 2 aromatic carbocycles. The summed E-state index contributed by atoms with van der Waals surface area (Å²) in [5.74, 6) is 0. The molecule has 0 radical (unpaired) electrons. The molecule has 1 heterocycles. The first-order valence-corrected chi connectivity index (χ1v) is 8.55. The van der Waals surface area contributed by atoms with Crippen LogP contribution < -0.4 is 10.5 Å². The van der Waals surface area contributed by atoms with Crippen LogP contribution in [0.1, 0.15) is 5.56 Å². The molecule has 1 aromatic heterocycles. The Kier molecular flexibility index (Phi) is 3.40. The molecule has 108 valence electrons. The van der Waals surface area contributed by atoms with Gasteiger partial charge in [-0.2, -0.15) is 0 Å². The van der Waals surface area contributed by atoms with Gasteiger partial charge >= 0.3 is 0 Å². The summed E-state index contributed by atoms with van der Waals surface area (Å²) >= 11 is 1.52. The van der Waals surface area contributed by atoms with E-state index in [1.807, 2.05) is 19.1 Å². The first-order chi connectivity index (χ1) is 9.91. The van der Waals surface area contributed by atoms with Gasteiger partial charge in [-0.05, 0) is 42.8 Å². The molecular weight excluding hydrogens is 306 g/mol. The molecule has 0 saturated heterocycles. The molecular formula is C14H13N3O2S2. The summed E-state index contributed by atoms with van der Waals surface area (Å²) in [4.78, 5) is 4.54. The topological polar surface area (TPSA) is 85.1 Å². The Balaban J connectivity index is 1.95. The van der Waals surface area contributed by atoms with E-state index in [2.05, 4.69) is 16.4 Å². The molecule has 0 aliphatic heterocycles. The zero-order chi connectivity index (χ0) is 15.0. The molecule has 0 saturated carbocycles. The number of fused-ring (bicyclic) bond motifs is 1. The van der Waals surface area contributed by atoms with Gasteiger partial charge in [0.25, 0.3) is 0 Å². The predicted molar refractivity (Wildman–Crippen MR) is 85.5 cm³/mol. The van der Waals surface area contributed by atoms with Crippen molar-refractivity contribution in [3.63, 3.8) is 0 Å². The van der Waals surface area contributed by atoms with Gasteiger partial charge in [-0.15, -0.1) is 0 Å². The summed E-state index contributed by atoms with van der Waals surface area (Å²) in [5, 5.41) is 8.95. The van der Waals surface area contributed by atoms with Crippen molar-refractivity contribution in [1.82, 2.24) is 4.98 Å². The van der Waals surface area contributed by atoms with Crippen LogP contribution in [0.5, 0.6) is 0 Å². The Morgan fingerprint density at radius 3 is 2.76 bits per heavy atom. The number of benzene rings is 2. The SMILES string of the molecule is Cc1ccc2nc(Nc3cccc(S(N)(=O)=O)c3)sc2c1. The zero-order valence-corrected chi connectivity index (χ0v) is 12.8. The maximum Gasteiger partial charge on any atom is 0.238 e. The second-order valence-electron chi connectivity index (χ2n) is 4.69. The highest BCUT2D eigenvalue weighted by Gasteiger charge is 2.09. The number of rotatable bonds is 3. The highest BCUT2D eigenvalue weighted by molar-refractivity contribution is 7.89. The number of hydrogen-bond donors (Lipinski definition) is 2. The van der Waals surface area contributed by atoms with E-state index in [1.54, 1.807) is 12.1 Å². The molecule has 3 N–H and O–H groups in total. The minimum absolute atomic E-state index is 0.0736. The normalized spacial score (nSPS) is 11.7. The molecule has 0 spiro atoms. The first-order valence-electron chi connectivity index (χ1n) is 6.19. The lowest BCUT2D eigenvalue weighted by Crippen LogP contribution is -2.12. The maximum atomic E-state index is 11.4. The minimum atomic E-state index is -3.70. The highest BCUT2D eigenvalue weighted by atomic mass is 32.2. The molecule has 0 aliphatic rings. The molecule has 0 fully saturated rings. The van der Waals surface area contributed by atoms with Crippen LogP contribution in [-0.4, -0.2) is 13.4 Å². The van der Waals surface area contributed by atoms with Crippen molar-refractivity contribution in [1.29, 1.82) is 0 Å². The van der Waals surface area contributed by atoms with Crippen molar-refractivity contribution in [2.45, 2.75) is 11.8 Å². The molecule has 3 aromatic rings. The number of hydrogen-bond acceptors (Lipinski definition) is 5. The van der Waals surface area contributed by atoms with E-state index in [9.17, 15) is 8.42 Å². The van der Waals surface area contributed by atoms with Gasteiger partial charge in [-0.25, -0.2) is 18.5 Å². The quantitative estimate of drug-likeness (QED) is 0.777. The number of aryl methyl sites for hydroxylation is 1. The smallest absolute Gasteiger partial charge is 0.238 e. The van der Waals surface area contributed by atoms with Crippen molar-refractivity contribution in [3.05, 3.63) is 48.0 Å². The first kappa shape index (κ1) is 14.0. The third kappa shape index (κ3) is 3.05. The Morgan fingerprint density at radius 1 is 1.19 bits per heavy atom. The van der Waals surface area contributed by atoms with Gasteiger partial charge in [0.2, 0.25) is 10.0 Å². The van der Waals surface area contributed by atoms with Gasteiger partial charge in [0.05, 0.1) is 15.1 Å². The third-order valence-electron chi connectivity index (χ3n) is 2.96. The number of anilines is 2. The van der Waals surface area contributed by atoms with Gasteiger partial charge in [-0.3, -0.25) is 0 Å². The van der Waals surface area contributed by atoms with Gasteiger partial charge in [0, 0.05) is 5.69 Å². The monoisotopic (exact) mass is 319 g/mol. The van der Waals surface area contributed by atoms with Crippen molar-refractivity contribution in [2.75, 3.05) is 5.32 Å². The molecule has 5 nitrogen and oxygen atoms in total. The second kappa shape index (κ2) is 5.10. The molecule has 3 rings (SSSR count). The summed E-state index contributed by atoms with van der Waals surface area (Å²) in [7, 11) is -3.70. The zero-order valence-electron chi connectivity index (χ0n) is 11.2. The average molecular weight is 319 g/mol. The fourth-order valence-electron chi connectivity index (χ4n) is 1.96. The predicted octanol–water partition coefficient (Wildman–Crippen LogP) is 3.00. The van der Waals surface area contributed by atoms with Gasteiger partial charge in [-0.1, -0.05) is 23.5 Å². The van der Waals surface area contributed by atoms with Crippen molar-refractivity contribution in [2.24, 2.45) is 5.14 Å². The van der Waals surface area contributed by atoms with Gasteiger partial charge in [0.1, 0.15) is 0 Å². The van der Waals surface area contributed by atoms with E-state index in [0.717, 1.165) is 10.2 Å². The number of sulfonamides is 1. The van der Waals surface area contributed by atoms with Crippen LogP contribution in [0.2, 0.25) is 0 Å². The van der Waals surface area contributed by atoms with Crippen LogP contribution in [0.3, 0.4) is 0 Å². The van der Waals surface area contributed by atoms with E-state index >= 15 is 0 Å². The molecule has 0 aliphatic carbocycles. The second-order valence-corrected chi connectivity index (χ2v) is 7.28. The maximum absolute atomic E-state index is 11.4. The summed E-state index contributed by atoms with van der Waals surface area (Å²) in [6.45, 7) is 2.03. The number of nitrogens with one attached hydrogen (secondary N) is 1. The van der Waals surface area contributed by atoms with Gasteiger partial charge < -0.3 is 5.32 Å². The number of thiazole rings is 1.